The van der Waals surface area contributed by atoms with Crippen LogP contribution in [-0.4, -0.2) is 11.3 Å². The summed E-state index contributed by atoms with van der Waals surface area (Å²) in [5.41, 5.74) is 1.05. The normalized spacial score (nSPS) is 19.0. The van der Waals surface area contributed by atoms with Crippen molar-refractivity contribution in [3.63, 3.8) is 0 Å². The van der Waals surface area contributed by atoms with E-state index in [9.17, 15) is 4.39 Å². The summed E-state index contributed by atoms with van der Waals surface area (Å²) in [5.74, 6) is -0.161. The Balaban J connectivity index is 2.38. The van der Waals surface area contributed by atoms with Gasteiger partial charge in [-0.2, -0.15) is 0 Å². The Morgan fingerprint density at radius 1 is 1.46 bits per heavy atom. The lowest BCUT2D eigenvalue weighted by atomic mass is 10.2. The minimum absolute atomic E-state index is 0.154. The number of halogens is 1. The molecule has 13 heavy (non-hydrogen) atoms. The molecule has 70 valence electrons. The number of hydrogen-bond donors (Lipinski definition) is 1. The minimum Gasteiger partial charge on any atom is -0.383 e. The van der Waals surface area contributed by atoms with Crippen LogP contribution in [0.2, 0.25) is 0 Å². The second kappa shape index (κ2) is 2.91. The Morgan fingerprint density at radius 2 is 2.23 bits per heavy atom. The van der Waals surface area contributed by atoms with E-state index in [1.165, 1.54) is 6.07 Å². The first-order valence-electron chi connectivity index (χ1n) is 4.29. The van der Waals surface area contributed by atoms with Crippen LogP contribution in [0.4, 0.5) is 10.1 Å². The van der Waals surface area contributed by atoms with Crippen LogP contribution >= 0.6 is 11.8 Å². The summed E-state index contributed by atoms with van der Waals surface area (Å²) in [6.07, 6.45) is 0. The average molecular weight is 197 g/mol. The van der Waals surface area contributed by atoms with Crippen molar-refractivity contribution in [3.05, 3.63) is 24.0 Å². The van der Waals surface area contributed by atoms with Crippen LogP contribution in [0, 0.1) is 5.82 Å². The minimum atomic E-state index is -0.161. The highest BCUT2D eigenvalue weighted by Gasteiger charge is 2.25. The third kappa shape index (κ3) is 1.80. The topological polar surface area (TPSA) is 12.0 Å². The van der Waals surface area contributed by atoms with Crippen LogP contribution < -0.4 is 5.32 Å². The molecular formula is C10H12FNS. The van der Waals surface area contributed by atoms with E-state index in [0.29, 0.717) is 0 Å². The number of anilines is 1. The zero-order chi connectivity index (χ0) is 9.47. The lowest BCUT2D eigenvalue weighted by Gasteiger charge is -2.31. The van der Waals surface area contributed by atoms with E-state index in [4.69, 9.17) is 0 Å². The summed E-state index contributed by atoms with van der Waals surface area (Å²) in [5, 5.41) is 3.29. The SMILES string of the molecule is CC1(C)CNc2ccc(F)cc2S1. The van der Waals surface area contributed by atoms with Gasteiger partial charge in [0, 0.05) is 21.9 Å². The number of rotatable bonds is 0. The summed E-state index contributed by atoms with van der Waals surface area (Å²) in [4.78, 5) is 1.01. The molecule has 0 atom stereocenters. The zero-order valence-corrected chi connectivity index (χ0v) is 8.54. The van der Waals surface area contributed by atoms with Gasteiger partial charge in [-0.15, -0.1) is 11.8 Å². The maximum atomic E-state index is 12.9. The van der Waals surface area contributed by atoms with E-state index in [1.807, 2.05) is 0 Å². The van der Waals surface area contributed by atoms with E-state index in [1.54, 1.807) is 23.9 Å². The fourth-order valence-electron chi connectivity index (χ4n) is 1.37. The molecule has 0 radical (unpaired) electrons. The Kier molecular flexibility index (Phi) is 1.99. The predicted octanol–water partition coefficient (Wildman–Crippen LogP) is 3.12. The molecule has 0 fully saturated rings. The lowest BCUT2D eigenvalue weighted by molar-refractivity contribution is 0.623. The van der Waals surface area contributed by atoms with Gasteiger partial charge in [-0.25, -0.2) is 4.39 Å². The van der Waals surface area contributed by atoms with E-state index < -0.39 is 0 Å². The fraction of sp³-hybridized carbons (Fsp3) is 0.400. The van der Waals surface area contributed by atoms with Crippen molar-refractivity contribution < 1.29 is 4.39 Å². The molecule has 3 heteroatoms. The number of nitrogens with one attached hydrogen (secondary N) is 1. The van der Waals surface area contributed by atoms with Gasteiger partial charge in [0.1, 0.15) is 5.82 Å². The van der Waals surface area contributed by atoms with Crippen molar-refractivity contribution in [1.82, 2.24) is 0 Å². The molecule has 0 unspecified atom stereocenters. The van der Waals surface area contributed by atoms with Gasteiger partial charge < -0.3 is 5.32 Å². The molecular weight excluding hydrogens is 185 g/mol. The van der Waals surface area contributed by atoms with Crippen LogP contribution in [-0.2, 0) is 0 Å². The Morgan fingerprint density at radius 3 is 3.00 bits per heavy atom. The van der Waals surface area contributed by atoms with E-state index in [0.717, 1.165) is 17.1 Å². The van der Waals surface area contributed by atoms with Crippen molar-refractivity contribution in [3.8, 4) is 0 Å². The molecule has 0 saturated heterocycles. The molecule has 1 aromatic carbocycles. The van der Waals surface area contributed by atoms with E-state index >= 15 is 0 Å². The maximum Gasteiger partial charge on any atom is 0.124 e. The molecule has 1 N–H and O–H groups in total. The van der Waals surface area contributed by atoms with Gasteiger partial charge in [-0.1, -0.05) is 0 Å². The molecule has 1 aromatic rings. The van der Waals surface area contributed by atoms with Gasteiger partial charge in [0.05, 0.1) is 0 Å². The highest BCUT2D eigenvalue weighted by atomic mass is 32.2. The molecule has 0 saturated carbocycles. The average Bonchev–Trinajstić information content (AvgIpc) is 2.01. The fourth-order valence-corrected chi connectivity index (χ4v) is 2.53. The summed E-state index contributed by atoms with van der Waals surface area (Å²) < 4.78 is 13.1. The smallest absolute Gasteiger partial charge is 0.124 e. The Hall–Kier alpha value is -0.700. The first kappa shape index (κ1) is 8.88. The second-order valence-corrected chi connectivity index (χ2v) is 5.60. The van der Waals surface area contributed by atoms with Crippen molar-refractivity contribution in [2.45, 2.75) is 23.5 Å². The van der Waals surface area contributed by atoms with Gasteiger partial charge in [-0.05, 0) is 32.0 Å². The highest BCUT2D eigenvalue weighted by Crippen LogP contribution is 2.41. The zero-order valence-electron chi connectivity index (χ0n) is 7.73. The summed E-state index contributed by atoms with van der Waals surface area (Å²) in [6.45, 7) is 5.23. The first-order chi connectivity index (χ1) is 6.07. The molecule has 0 bridgehead atoms. The van der Waals surface area contributed by atoms with Crippen LogP contribution in [0.1, 0.15) is 13.8 Å². The van der Waals surface area contributed by atoms with Gasteiger partial charge in [0.25, 0.3) is 0 Å². The number of thioether (sulfide) groups is 1. The summed E-state index contributed by atoms with van der Waals surface area (Å²) in [7, 11) is 0. The summed E-state index contributed by atoms with van der Waals surface area (Å²) in [6, 6.07) is 4.88. The van der Waals surface area contributed by atoms with E-state index in [2.05, 4.69) is 19.2 Å². The first-order valence-corrected chi connectivity index (χ1v) is 5.11. The number of fused-ring (bicyclic) bond motifs is 1. The predicted molar refractivity (Wildman–Crippen MR) is 54.8 cm³/mol. The van der Waals surface area contributed by atoms with Crippen molar-refractivity contribution in [2.24, 2.45) is 0 Å². The largest absolute Gasteiger partial charge is 0.383 e. The molecule has 0 aromatic heterocycles. The van der Waals surface area contributed by atoms with Crippen LogP contribution in [0.15, 0.2) is 23.1 Å². The van der Waals surface area contributed by atoms with Crippen LogP contribution in [0.25, 0.3) is 0 Å². The standard InChI is InChI=1S/C10H12FNS/c1-10(2)6-12-8-4-3-7(11)5-9(8)13-10/h3-5,12H,6H2,1-2H3. The molecule has 2 rings (SSSR count). The van der Waals surface area contributed by atoms with Crippen molar-refractivity contribution >= 4 is 17.4 Å². The van der Waals surface area contributed by atoms with Crippen LogP contribution in [0.3, 0.4) is 0 Å². The van der Waals surface area contributed by atoms with Gasteiger partial charge in [0.2, 0.25) is 0 Å². The highest BCUT2D eigenvalue weighted by molar-refractivity contribution is 8.00. The van der Waals surface area contributed by atoms with E-state index in [-0.39, 0.29) is 10.6 Å². The molecule has 0 amide bonds. The molecule has 1 aliphatic heterocycles. The van der Waals surface area contributed by atoms with Gasteiger partial charge in [0.15, 0.2) is 0 Å². The van der Waals surface area contributed by atoms with Gasteiger partial charge in [-0.3, -0.25) is 0 Å². The Labute approximate surface area is 81.7 Å². The molecule has 1 nitrogen and oxygen atoms in total. The van der Waals surface area contributed by atoms with Crippen molar-refractivity contribution in [2.75, 3.05) is 11.9 Å². The number of benzene rings is 1. The van der Waals surface area contributed by atoms with Gasteiger partial charge >= 0.3 is 0 Å². The Bertz CT molecular complexity index is 336. The quantitative estimate of drug-likeness (QED) is 0.685. The van der Waals surface area contributed by atoms with Crippen LogP contribution in [0.5, 0.6) is 0 Å². The maximum absolute atomic E-state index is 12.9. The molecule has 1 heterocycles. The molecule has 1 aliphatic rings. The molecule has 0 spiro atoms. The monoisotopic (exact) mass is 197 g/mol. The summed E-state index contributed by atoms with van der Waals surface area (Å²) >= 11 is 1.73. The third-order valence-electron chi connectivity index (χ3n) is 2.03. The lowest BCUT2D eigenvalue weighted by Crippen LogP contribution is -2.29. The number of hydrogen-bond acceptors (Lipinski definition) is 2. The molecule has 0 aliphatic carbocycles. The second-order valence-electron chi connectivity index (χ2n) is 3.86. The van der Waals surface area contributed by atoms with Crippen molar-refractivity contribution in [1.29, 1.82) is 0 Å². The third-order valence-corrected chi connectivity index (χ3v) is 3.29.